The minimum absolute atomic E-state index is 0.0386. The normalized spacial score (nSPS) is 16.0. The first-order valence-corrected chi connectivity index (χ1v) is 7.50. The molecule has 0 bridgehead atoms. The Morgan fingerprint density at radius 3 is 2.29 bits per heavy atom. The van der Waals surface area contributed by atoms with Crippen molar-refractivity contribution in [2.45, 2.75) is 38.4 Å². The van der Waals surface area contributed by atoms with E-state index < -0.39 is 5.41 Å². The molecule has 1 aromatic rings. The van der Waals surface area contributed by atoms with Crippen LogP contribution in [0.4, 0.5) is 5.69 Å². The maximum Gasteiger partial charge on any atom is 0.230 e. The molecular weight excluding hydrogens is 268 g/mol. The van der Waals surface area contributed by atoms with Crippen molar-refractivity contribution in [3.05, 3.63) is 29.8 Å². The highest BCUT2D eigenvalue weighted by Crippen LogP contribution is 2.48. The number of rotatable bonds is 8. The number of carbonyl (C=O) groups excluding carboxylic acids is 1. The van der Waals surface area contributed by atoms with E-state index in [2.05, 4.69) is 5.32 Å². The van der Waals surface area contributed by atoms with Gasteiger partial charge < -0.3 is 20.5 Å². The van der Waals surface area contributed by atoms with Gasteiger partial charge in [-0.1, -0.05) is 12.1 Å². The number of hydrogen-bond donors (Lipinski definition) is 2. The van der Waals surface area contributed by atoms with Crippen LogP contribution in [0.5, 0.6) is 0 Å². The van der Waals surface area contributed by atoms with Crippen molar-refractivity contribution in [1.29, 1.82) is 0 Å². The number of ether oxygens (including phenoxy) is 2. The van der Waals surface area contributed by atoms with Gasteiger partial charge in [0.05, 0.1) is 12.0 Å². The fourth-order valence-corrected chi connectivity index (χ4v) is 2.46. The van der Waals surface area contributed by atoms with Gasteiger partial charge in [0.15, 0.2) is 6.29 Å². The van der Waals surface area contributed by atoms with E-state index in [1.807, 2.05) is 38.1 Å². The zero-order valence-corrected chi connectivity index (χ0v) is 12.7. The SMILES string of the molecule is CCOC(CNC(=O)C1(c2ccc(N)cc2)CC1)OCC. The summed E-state index contributed by atoms with van der Waals surface area (Å²) >= 11 is 0. The van der Waals surface area contributed by atoms with Gasteiger partial charge in [0.25, 0.3) is 0 Å². The molecule has 1 aliphatic carbocycles. The highest BCUT2D eigenvalue weighted by molar-refractivity contribution is 5.91. The summed E-state index contributed by atoms with van der Waals surface area (Å²) in [5.41, 5.74) is 7.04. The maximum atomic E-state index is 12.5. The van der Waals surface area contributed by atoms with Crippen LogP contribution in [0.15, 0.2) is 24.3 Å². The van der Waals surface area contributed by atoms with Crippen molar-refractivity contribution >= 4 is 11.6 Å². The minimum atomic E-state index is -0.392. The molecule has 0 radical (unpaired) electrons. The third kappa shape index (κ3) is 3.74. The number of hydrogen-bond acceptors (Lipinski definition) is 4. The summed E-state index contributed by atoms with van der Waals surface area (Å²) in [6, 6.07) is 7.55. The Morgan fingerprint density at radius 2 is 1.81 bits per heavy atom. The molecule has 0 atom stereocenters. The van der Waals surface area contributed by atoms with Crippen molar-refractivity contribution in [2.75, 3.05) is 25.5 Å². The minimum Gasteiger partial charge on any atom is -0.399 e. The molecule has 1 aliphatic rings. The summed E-state index contributed by atoms with van der Waals surface area (Å²) in [6.07, 6.45) is 1.36. The first kappa shape index (κ1) is 15.8. The summed E-state index contributed by atoms with van der Waals surface area (Å²) in [7, 11) is 0. The molecule has 1 fully saturated rings. The summed E-state index contributed by atoms with van der Waals surface area (Å²) in [4.78, 5) is 12.5. The Kier molecular flexibility index (Phi) is 5.20. The van der Waals surface area contributed by atoms with Crippen LogP contribution in [0.3, 0.4) is 0 Å². The first-order chi connectivity index (χ1) is 10.1. The highest BCUT2D eigenvalue weighted by Gasteiger charge is 2.51. The van der Waals surface area contributed by atoms with E-state index in [0.717, 1.165) is 18.4 Å². The second-order valence-corrected chi connectivity index (χ2v) is 5.25. The molecule has 3 N–H and O–H groups in total. The van der Waals surface area contributed by atoms with Gasteiger partial charge >= 0.3 is 0 Å². The molecule has 0 spiro atoms. The molecule has 1 amide bonds. The molecule has 0 aromatic heterocycles. The van der Waals surface area contributed by atoms with E-state index in [-0.39, 0.29) is 12.2 Å². The average Bonchev–Trinajstić information content (AvgIpc) is 3.27. The Balaban J connectivity index is 1.94. The van der Waals surface area contributed by atoms with E-state index in [1.165, 1.54) is 0 Å². The lowest BCUT2D eigenvalue weighted by Gasteiger charge is -2.20. The molecule has 1 saturated carbocycles. The van der Waals surface area contributed by atoms with E-state index in [0.29, 0.717) is 25.4 Å². The third-order valence-electron chi connectivity index (χ3n) is 3.78. The predicted molar refractivity (Wildman–Crippen MR) is 81.8 cm³/mol. The standard InChI is InChI=1S/C16H24N2O3/c1-3-20-14(21-4-2)11-18-15(19)16(9-10-16)12-5-7-13(17)8-6-12/h5-8,14H,3-4,9-11,17H2,1-2H3,(H,18,19). The van der Waals surface area contributed by atoms with Gasteiger partial charge in [-0.15, -0.1) is 0 Å². The molecule has 21 heavy (non-hydrogen) atoms. The molecular formula is C16H24N2O3. The van der Waals surface area contributed by atoms with E-state index in [1.54, 1.807) is 0 Å². The lowest BCUT2D eigenvalue weighted by Crippen LogP contribution is -2.41. The Hall–Kier alpha value is -1.59. The summed E-state index contributed by atoms with van der Waals surface area (Å²) in [5.74, 6) is 0.0386. The number of nitrogens with one attached hydrogen (secondary N) is 1. The maximum absolute atomic E-state index is 12.5. The van der Waals surface area contributed by atoms with Gasteiger partial charge in [0.1, 0.15) is 0 Å². The van der Waals surface area contributed by atoms with Crippen molar-refractivity contribution in [3.63, 3.8) is 0 Å². The van der Waals surface area contributed by atoms with Gasteiger partial charge in [-0.05, 0) is 44.4 Å². The Labute approximate surface area is 125 Å². The number of amides is 1. The Morgan fingerprint density at radius 1 is 1.24 bits per heavy atom. The lowest BCUT2D eigenvalue weighted by molar-refractivity contribution is -0.141. The van der Waals surface area contributed by atoms with Crippen LogP contribution < -0.4 is 11.1 Å². The molecule has 2 rings (SSSR count). The van der Waals surface area contributed by atoms with Gasteiger partial charge in [0, 0.05) is 18.9 Å². The quantitative estimate of drug-likeness (QED) is 0.566. The molecule has 116 valence electrons. The summed E-state index contributed by atoms with van der Waals surface area (Å²) in [6.45, 7) is 5.31. The molecule has 5 nitrogen and oxygen atoms in total. The van der Waals surface area contributed by atoms with Crippen LogP contribution in [-0.2, 0) is 19.7 Å². The van der Waals surface area contributed by atoms with Crippen LogP contribution in [0.1, 0.15) is 32.3 Å². The molecule has 0 unspecified atom stereocenters. The van der Waals surface area contributed by atoms with Crippen LogP contribution >= 0.6 is 0 Å². The highest BCUT2D eigenvalue weighted by atomic mass is 16.7. The molecule has 5 heteroatoms. The molecule has 0 saturated heterocycles. The Bertz CT molecular complexity index is 463. The fraction of sp³-hybridized carbons (Fsp3) is 0.562. The van der Waals surface area contributed by atoms with Crippen molar-refractivity contribution in [2.24, 2.45) is 0 Å². The van der Waals surface area contributed by atoms with Gasteiger partial charge in [-0.2, -0.15) is 0 Å². The van der Waals surface area contributed by atoms with Gasteiger partial charge in [-0.3, -0.25) is 4.79 Å². The second-order valence-electron chi connectivity index (χ2n) is 5.25. The number of nitrogens with two attached hydrogens (primary N) is 1. The van der Waals surface area contributed by atoms with Crippen LogP contribution in [-0.4, -0.2) is 32.0 Å². The second kappa shape index (κ2) is 6.91. The van der Waals surface area contributed by atoms with Crippen LogP contribution in [0, 0.1) is 0 Å². The molecule has 0 heterocycles. The largest absolute Gasteiger partial charge is 0.399 e. The summed E-state index contributed by atoms with van der Waals surface area (Å²) < 4.78 is 10.9. The topological polar surface area (TPSA) is 73.6 Å². The number of nitrogen functional groups attached to an aromatic ring is 1. The average molecular weight is 292 g/mol. The van der Waals surface area contributed by atoms with Crippen LogP contribution in [0.25, 0.3) is 0 Å². The summed E-state index contributed by atoms with van der Waals surface area (Å²) in [5, 5.41) is 2.95. The van der Waals surface area contributed by atoms with Crippen molar-refractivity contribution < 1.29 is 14.3 Å². The smallest absolute Gasteiger partial charge is 0.230 e. The first-order valence-electron chi connectivity index (χ1n) is 7.50. The van der Waals surface area contributed by atoms with E-state index in [9.17, 15) is 4.79 Å². The number of benzene rings is 1. The van der Waals surface area contributed by atoms with Crippen LogP contribution in [0.2, 0.25) is 0 Å². The van der Waals surface area contributed by atoms with E-state index in [4.69, 9.17) is 15.2 Å². The number of anilines is 1. The van der Waals surface area contributed by atoms with Gasteiger partial charge in [-0.25, -0.2) is 0 Å². The third-order valence-corrected chi connectivity index (χ3v) is 3.78. The molecule has 0 aliphatic heterocycles. The van der Waals surface area contributed by atoms with E-state index >= 15 is 0 Å². The van der Waals surface area contributed by atoms with Crippen molar-refractivity contribution in [1.82, 2.24) is 5.32 Å². The monoisotopic (exact) mass is 292 g/mol. The lowest BCUT2D eigenvalue weighted by atomic mass is 9.95. The molecule has 1 aromatic carbocycles. The fourth-order valence-electron chi connectivity index (χ4n) is 2.46. The zero-order chi connectivity index (χ0) is 15.3. The predicted octanol–water partition coefficient (Wildman–Crippen LogP) is 1.82. The van der Waals surface area contributed by atoms with Crippen molar-refractivity contribution in [3.8, 4) is 0 Å². The van der Waals surface area contributed by atoms with Gasteiger partial charge in [0.2, 0.25) is 5.91 Å². The number of carbonyl (C=O) groups is 1. The zero-order valence-electron chi connectivity index (χ0n) is 12.7.